The summed E-state index contributed by atoms with van der Waals surface area (Å²) in [6, 6.07) is 3.95. The van der Waals surface area contributed by atoms with Gasteiger partial charge in [-0.1, -0.05) is 19.3 Å². The monoisotopic (exact) mass is 366 g/mol. The van der Waals surface area contributed by atoms with Crippen LogP contribution < -0.4 is 11.1 Å². The van der Waals surface area contributed by atoms with Crippen LogP contribution in [-0.4, -0.2) is 35.4 Å². The maximum atomic E-state index is 12.5. The fourth-order valence-corrected chi connectivity index (χ4v) is 3.48. The highest BCUT2D eigenvalue weighted by atomic mass is 16.2. The van der Waals surface area contributed by atoms with Gasteiger partial charge in [0.2, 0.25) is 11.9 Å². The van der Waals surface area contributed by atoms with E-state index in [0.29, 0.717) is 11.7 Å². The van der Waals surface area contributed by atoms with Crippen molar-refractivity contribution >= 4 is 17.7 Å². The summed E-state index contributed by atoms with van der Waals surface area (Å²) in [7, 11) is 0. The Morgan fingerprint density at radius 2 is 2.04 bits per heavy atom. The Morgan fingerprint density at radius 1 is 1.19 bits per heavy atom. The van der Waals surface area contributed by atoms with E-state index in [1.807, 2.05) is 10.7 Å². The molecule has 0 atom stereocenters. The third kappa shape index (κ3) is 3.97. The summed E-state index contributed by atoms with van der Waals surface area (Å²) >= 11 is 0. The van der Waals surface area contributed by atoms with Gasteiger partial charge in [-0.15, -0.1) is 0 Å². The number of nitrogens with two attached hydrogens (primary N) is 1. The van der Waals surface area contributed by atoms with Gasteiger partial charge in [0.25, 0.3) is 0 Å². The zero-order chi connectivity index (χ0) is 18.6. The Hall–Kier alpha value is -3.23. The van der Waals surface area contributed by atoms with Gasteiger partial charge in [-0.3, -0.25) is 9.48 Å². The molecular formula is C18H22N8O. The van der Waals surface area contributed by atoms with E-state index in [1.165, 1.54) is 19.3 Å². The van der Waals surface area contributed by atoms with Crippen LogP contribution in [0.4, 0.5) is 11.8 Å². The second-order valence-corrected chi connectivity index (χ2v) is 6.73. The molecule has 0 spiro atoms. The Kier molecular flexibility index (Phi) is 4.82. The van der Waals surface area contributed by atoms with Crippen molar-refractivity contribution in [1.29, 1.82) is 0 Å². The van der Waals surface area contributed by atoms with E-state index in [0.717, 1.165) is 24.2 Å². The van der Waals surface area contributed by atoms with Crippen molar-refractivity contribution in [2.24, 2.45) is 0 Å². The predicted molar refractivity (Wildman–Crippen MR) is 101 cm³/mol. The van der Waals surface area contributed by atoms with E-state index in [2.05, 4.69) is 25.5 Å². The molecule has 4 rings (SSSR count). The SMILES string of the molecule is Nc1nccc(-c2cnn(CC(=O)Nc3ccnn3C3CCCCC3)c2)n1. The molecule has 0 aromatic carbocycles. The lowest BCUT2D eigenvalue weighted by atomic mass is 9.96. The zero-order valence-electron chi connectivity index (χ0n) is 15.0. The number of hydrogen-bond acceptors (Lipinski definition) is 6. The number of amides is 1. The molecule has 0 bridgehead atoms. The summed E-state index contributed by atoms with van der Waals surface area (Å²) in [4.78, 5) is 20.5. The first-order valence-corrected chi connectivity index (χ1v) is 9.14. The topological polar surface area (TPSA) is 117 Å². The maximum Gasteiger partial charge on any atom is 0.247 e. The molecule has 9 nitrogen and oxygen atoms in total. The average molecular weight is 366 g/mol. The van der Waals surface area contributed by atoms with Crippen LogP contribution in [0.5, 0.6) is 0 Å². The van der Waals surface area contributed by atoms with Crippen molar-refractivity contribution in [3.05, 3.63) is 36.9 Å². The fourth-order valence-electron chi connectivity index (χ4n) is 3.48. The molecule has 0 aliphatic heterocycles. The summed E-state index contributed by atoms with van der Waals surface area (Å²) in [5, 5.41) is 11.6. The predicted octanol–water partition coefficient (Wildman–Crippen LogP) is 2.26. The van der Waals surface area contributed by atoms with Crippen LogP contribution in [0.25, 0.3) is 11.3 Å². The quantitative estimate of drug-likeness (QED) is 0.715. The third-order valence-corrected chi connectivity index (χ3v) is 4.77. The normalized spacial score (nSPS) is 15.0. The van der Waals surface area contributed by atoms with E-state index in [9.17, 15) is 4.79 Å². The third-order valence-electron chi connectivity index (χ3n) is 4.77. The zero-order valence-corrected chi connectivity index (χ0v) is 15.0. The number of anilines is 2. The van der Waals surface area contributed by atoms with E-state index >= 15 is 0 Å². The lowest BCUT2D eigenvalue weighted by molar-refractivity contribution is -0.117. The number of aromatic nitrogens is 6. The van der Waals surface area contributed by atoms with Crippen LogP contribution in [-0.2, 0) is 11.3 Å². The van der Waals surface area contributed by atoms with Crippen molar-refractivity contribution in [2.75, 3.05) is 11.1 Å². The molecule has 1 amide bonds. The van der Waals surface area contributed by atoms with Crippen molar-refractivity contribution in [3.63, 3.8) is 0 Å². The van der Waals surface area contributed by atoms with Gasteiger partial charge in [-0.2, -0.15) is 10.2 Å². The van der Waals surface area contributed by atoms with E-state index in [1.54, 1.807) is 35.5 Å². The first-order valence-electron chi connectivity index (χ1n) is 9.14. The van der Waals surface area contributed by atoms with E-state index < -0.39 is 0 Å². The van der Waals surface area contributed by atoms with Crippen LogP contribution in [0, 0.1) is 0 Å². The van der Waals surface area contributed by atoms with Gasteiger partial charge in [-0.25, -0.2) is 14.6 Å². The Morgan fingerprint density at radius 3 is 2.85 bits per heavy atom. The summed E-state index contributed by atoms with van der Waals surface area (Å²) in [6.45, 7) is 0.108. The second kappa shape index (κ2) is 7.56. The Balaban J connectivity index is 1.41. The molecule has 3 heterocycles. The number of nitrogen functional groups attached to an aromatic ring is 1. The molecule has 0 saturated heterocycles. The molecule has 9 heteroatoms. The lowest BCUT2D eigenvalue weighted by Crippen LogP contribution is -2.23. The second-order valence-electron chi connectivity index (χ2n) is 6.73. The van der Waals surface area contributed by atoms with Crippen molar-refractivity contribution in [1.82, 2.24) is 29.5 Å². The molecule has 3 aromatic heterocycles. The lowest BCUT2D eigenvalue weighted by Gasteiger charge is -2.23. The van der Waals surface area contributed by atoms with Crippen LogP contribution in [0.1, 0.15) is 38.1 Å². The maximum absolute atomic E-state index is 12.5. The largest absolute Gasteiger partial charge is 0.368 e. The summed E-state index contributed by atoms with van der Waals surface area (Å²) in [5.74, 6) is 0.793. The molecular weight excluding hydrogens is 344 g/mol. The number of carbonyl (C=O) groups is 1. The number of hydrogen-bond donors (Lipinski definition) is 2. The highest BCUT2D eigenvalue weighted by Crippen LogP contribution is 2.29. The number of rotatable bonds is 5. The van der Waals surface area contributed by atoms with E-state index in [-0.39, 0.29) is 18.4 Å². The molecule has 0 radical (unpaired) electrons. The molecule has 0 unspecified atom stereocenters. The van der Waals surface area contributed by atoms with Gasteiger partial charge in [0.05, 0.1) is 24.1 Å². The molecule has 27 heavy (non-hydrogen) atoms. The molecule has 1 aliphatic carbocycles. The Labute approximate surface area is 156 Å². The van der Waals surface area contributed by atoms with Gasteiger partial charge in [-0.05, 0) is 18.9 Å². The number of carbonyl (C=O) groups excluding carboxylic acids is 1. The molecule has 1 fully saturated rings. The minimum atomic E-state index is -0.149. The highest BCUT2D eigenvalue weighted by molar-refractivity contribution is 5.89. The van der Waals surface area contributed by atoms with Gasteiger partial charge >= 0.3 is 0 Å². The molecule has 3 aromatic rings. The minimum absolute atomic E-state index is 0.108. The highest BCUT2D eigenvalue weighted by Gasteiger charge is 2.19. The summed E-state index contributed by atoms with van der Waals surface area (Å²) in [5.41, 5.74) is 7.07. The summed E-state index contributed by atoms with van der Waals surface area (Å²) in [6.07, 6.45) is 12.7. The van der Waals surface area contributed by atoms with E-state index in [4.69, 9.17) is 5.73 Å². The first-order chi connectivity index (χ1) is 13.2. The summed E-state index contributed by atoms with van der Waals surface area (Å²) < 4.78 is 3.51. The molecule has 1 aliphatic rings. The van der Waals surface area contributed by atoms with Crippen LogP contribution >= 0.6 is 0 Å². The minimum Gasteiger partial charge on any atom is -0.368 e. The standard InChI is InChI=1S/C18H22N8O/c19-18-20-8-6-15(23-18)13-10-22-25(11-13)12-17(27)24-16-7-9-21-26(16)14-4-2-1-3-5-14/h6-11,14H,1-5,12H2,(H,24,27)(H2,19,20,23). The first kappa shape index (κ1) is 17.2. The van der Waals surface area contributed by atoms with Crippen LogP contribution in [0.2, 0.25) is 0 Å². The van der Waals surface area contributed by atoms with Crippen molar-refractivity contribution in [2.45, 2.75) is 44.7 Å². The van der Waals surface area contributed by atoms with Crippen LogP contribution in [0.3, 0.4) is 0 Å². The average Bonchev–Trinajstić information content (AvgIpc) is 3.32. The fraction of sp³-hybridized carbons (Fsp3) is 0.389. The van der Waals surface area contributed by atoms with Crippen molar-refractivity contribution < 1.29 is 4.79 Å². The van der Waals surface area contributed by atoms with Crippen molar-refractivity contribution in [3.8, 4) is 11.3 Å². The van der Waals surface area contributed by atoms with Gasteiger partial charge in [0.15, 0.2) is 0 Å². The number of nitrogens with zero attached hydrogens (tertiary/aromatic N) is 6. The smallest absolute Gasteiger partial charge is 0.247 e. The van der Waals surface area contributed by atoms with Crippen LogP contribution in [0.15, 0.2) is 36.9 Å². The Bertz CT molecular complexity index is 925. The number of nitrogens with one attached hydrogen (secondary N) is 1. The van der Waals surface area contributed by atoms with Gasteiger partial charge < -0.3 is 11.1 Å². The molecule has 140 valence electrons. The van der Waals surface area contributed by atoms with Gasteiger partial charge in [0, 0.05) is 24.0 Å². The molecule has 1 saturated carbocycles. The van der Waals surface area contributed by atoms with Gasteiger partial charge in [0.1, 0.15) is 12.4 Å². The molecule has 3 N–H and O–H groups in total.